The molecule has 0 saturated heterocycles. The number of carbonyl (C=O) groups excluding carboxylic acids is 1. The van der Waals surface area contributed by atoms with Crippen molar-refractivity contribution in [2.75, 3.05) is 34.2 Å². The first kappa shape index (κ1) is 24.8. The molecule has 0 radical (unpaired) electrons. The van der Waals surface area contributed by atoms with Gasteiger partial charge in [-0.1, -0.05) is 50.6 Å². The number of nitrogens with one attached hydrogen (secondary N) is 1. The molecule has 0 amide bonds. The van der Waals surface area contributed by atoms with Gasteiger partial charge in [-0.3, -0.25) is 0 Å². The van der Waals surface area contributed by atoms with Crippen molar-refractivity contribution in [3.05, 3.63) is 35.9 Å². The molecule has 2 rings (SSSR count). The van der Waals surface area contributed by atoms with Gasteiger partial charge < -0.3 is 20.1 Å². The van der Waals surface area contributed by atoms with Crippen LogP contribution in [0.4, 0.5) is 0 Å². The van der Waals surface area contributed by atoms with Crippen molar-refractivity contribution in [1.82, 2.24) is 10.2 Å². The number of nitrogens with zero attached hydrogens (tertiary/aromatic N) is 1. The molecular formula is C22H40N2O2. The van der Waals surface area contributed by atoms with E-state index in [1.54, 1.807) is 0 Å². The van der Waals surface area contributed by atoms with Gasteiger partial charge in [-0.15, -0.1) is 0 Å². The van der Waals surface area contributed by atoms with Crippen molar-refractivity contribution in [1.29, 1.82) is 0 Å². The van der Waals surface area contributed by atoms with E-state index in [0.717, 1.165) is 32.2 Å². The summed E-state index contributed by atoms with van der Waals surface area (Å²) in [5.74, 6) is 1.15. The molecule has 0 aliphatic heterocycles. The van der Waals surface area contributed by atoms with Gasteiger partial charge in [-0.05, 0) is 57.8 Å². The van der Waals surface area contributed by atoms with Crippen molar-refractivity contribution >= 4 is 6.29 Å². The molecule has 1 aromatic rings. The third-order valence-electron chi connectivity index (χ3n) is 4.79. The van der Waals surface area contributed by atoms with Crippen molar-refractivity contribution < 1.29 is 9.90 Å². The summed E-state index contributed by atoms with van der Waals surface area (Å²) in [4.78, 5) is 12.1. The predicted octanol–water partition coefficient (Wildman–Crippen LogP) is 3.39. The zero-order chi connectivity index (χ0) is 19.8. The second-order valence-corrected chi connectivity index (χ2v) is 7.31. The third-order valence-corrected chi connectivity index (χ3v) is 4.79. The highest BCUT2D eigenvalue weighted by atomic mass is 16.3. The van der Waals surface area contributed by atoms with Crippen LogP contribution in [0, 0.1) is 11.8 Å². The fourth-order valence-electron chi connectivity index (χ4n) is 2.93. The summed E-state index contributed by atoms with van der Waals surface area (Å²) in [6, 6.07) is 10.0. The number of hydrogen-bond acceptors (Lipinski definition) is 4. The Kier molecular flexibility index (Phi) is 15.2. The Morgan fingerprint density at radius 2 is 1.88 bits per heavy atom. The minimum atomic E-state index is -0.00463. The molecule has 4 nitrogen and oxygen atoms in total. The van der Waals surface area contributed by atoms with Crippen LogP contribution >= 0.6 is 0 Å². The number of carbonyl (C=O) groups is 1. The molecule has 1 aliphatic carbocycles. The highest BCUT2D eigenvalue weighted by Crippen LogP contribution is 2.32. The second-order valence-electron chi connectivity index (χ2n) is 7.31. The number of rotatable bonds is 7. The molecule has 4 heteroatoms. The standard InChI is InChI=1S/C9H10O.C8H16O.C5H14N2/c10-8-4-7-9-5-2-1-3-6-9;1-3-7-5-4-6(2)8(7)9;1-6-4-5-7(2)3/h1-3,5-6,8H,4,7H2;6-9H,3-5H2,1-2H3;6H,4-5H2,1-3H3. The molecule has 1 aromatic carbocycles. The molecule has 26 heavy (non-hydrogen) atoms. The number of aliphatic hydroxyl groups is 1. The van der Waals surface area contributed by atoms with Crippen LogP contribution < -0.4 is 5.32 Å². The summed E-state index contributed by atoms with van der Waals surface area (Å²) in [6.45, 7) is 6.50. The second kappa shape index (κ2) is 16.0. The van der Waals surface area contributed by atoms with E-state index in [1.165, 1.54) is 18.4 Å². The van der Waals surface area contributed by atoms with Crippen LogP contribution in [0.1, 0.15) is 45.1 Å². The quantitative estimate of drug-likeness (QED) is 0.728. The van der Waals surface area contributed by atoms with Gasteiger partial charge in [0.1, 0.15) is 6.29 Å². The Morgan fingerprint density at radius 1 is 1.23 bits per heavy atom. The Labute approximate surface area is 161 Å². The van der Waals surface area contributed by atoms with E-state index in [1.807, 2.05) is 37.4 Å². The smallest absolute Gasteiger partial charge is 0.120 e. The van der Waals surface area contributed by atoms with Gasteiger partial charge in [-0.25, -0.2) is 0 Å². The fourth-order valence-corrected chi connectivity index (χ4v) is 2.93. The molecule has 0 aromatic heterocycles. The van der Waals surface area contributed by atoms with Crippen molar-refractivity contribution in [3.8, 4) is 0 Å². The molecule has 1 aliphatic rings. The van der Waals surface area contributed by atoms with Gasteiger partial charge in [0.2, 0.25) is 0 Å². The average molecular weight is 365 g/mol. The summed E-state index contributed by atoms with van der Waals surface area (Å²) in [6.07, 6.45) is 6.04. The molecule has 0 bridgehead atoms. The zero-order valence-electron chi connectivity index (χ0n) is 17.4. The Hall–Kier alpha value is -1.23. The molecule has 3 atom stereocenters. The number of aryl methyl sites for hydroxylation is 1. The first-order valence-corrected chi connectivity index (χ1v) is 9.91. The summed E-state index contributed by atoms with van der Waals surface area (Å²) in [7, 11) is 6.10. The SMILES string of the molecule is CCC1CCC(C)C1O.CNCCN(C)C.O=CCCc1ccccc1. The minimum Gasteiger partial charge on any atom is -0.393 e. The van der Waals surface area contributed by atoms with Gasteiger partial charge in [0.25, 0.3) is 0 Å². The maximum atomic E-state index is 9.98. The maximum Gasteiger partial charge on any atom is 0.120 e. The van der Waals surface area contributed by atoms with Crippen LogP contribution in [0.2, 0.25) is 0 Å². The van der Waals surface area contributed by atoms with Crippen molar-refractivity contribution in [3.63, 3.8) is 0 Å². The number of aliphatic hydroxyl groups excluding tert-OH is 1. The van der Waals surface area contributed by atoms with E-state index in [2.05, 4.69) is 38.2 Å². The summed E-state index contributed by atoms with van der Waals surface area (Å²) in [5.41, 5.74) is 1.23. The normalized spacial score (nSPS) is 21.4. The number of hydrogen-bond donors (Lipinski definition) is 2. The molecule has 0 heterocycles. The number of likely N-dealkylation sites (N-methyl/N-ethyl adjacent to an activating group) is 2. The lowest BCUT2D eigenvalue weighted by molar-refractivity contribution is -0.107. The number of aldehydes is 1. The van der Waals surface area contributed by atoms with Crippen LogP contribution in [0.5, 0.6) is 0 Å². The van der Waals surface area contributed by atoms with Gasteiger partial charge in [0.15, 0.2) is 0 Å². The van der Waals surface area contributed by atoms with E-state index in [0.29, 0.717) is 18.3 Å². The lowest BCUT2D eigenvalue weighted by atomic mass is 10.0. The summed E-state index contributed by atoms with van der Waals surface area (Å²) in [5, 5.41) is 12.5. The first-order chi connectivity index (χ1) is 12.5. The molecular weight excluding hydrogens is 324 g/mol. The van der Waals surface area contributed by atoms with E-state index < -0.39 is 0 Å². The van der Waals surface area contributed by atoms with E-state index in [9.17, 15) is 9.90 Å². The molecule has 0 spiro atoms. The zero-order valence-corrected chi connectivity index (χ0v) is 17.4. The fraction of sp³-hybridized carbons (Fsp3) is 0.682. The van der Waals surface area contributed by atoms with Gasteiger partial charge in [0, 0.05) is 19.5 Å². The molecule has 1 fully saturated rings. The molecule has 2 N–H and O–H groups in total. The summed E-state index contributed by atoms with van der Waals surface area (Å²) < 4.78 is 0. The molecule has 1 saturated carbocycles. The van der Waals surface area contributed by atoms with Crippen LogP contribution in [0.25, 0.3) is 0 Å². The topological polar surface area (TPSA) is 52.6 Å². The Bertz CT molecular complexity index is 437. The largest absolute Gasteiger partial charge is 0.393 e. The third kappa shape index (κ3) is 12.2. The lowest BCUT2D eigenvalue weighted by Gasteiger charge is -2.13. The Balaban J connectivity index is 0.000000368. The van der Waals surface area contributed by atoms with E-state index in [-0.39, 0.29) is 6.10 Å². The maximum absolute atomic E-state index is 9.98. The van der Waals surface area contributed by atoms with Crippen molar-refractivity contribution in [2.45, 2.75) is 52.1 Å². The van der Waals surface area contributed by atoms with Crippen LogP contribution in [-0.4, -0.2) is 56.6 Å². The van der Waals surface area contributed by atoms with Crippen LogP contribution in [-0.2, 0) is 11.2 Å². The van der Waals surface area contributed by atoms with Crippen LogP contribution in [0.3, 0.4) is 0 Å². The van der Waals surface area contributed by atoms with Gasteiger partial charge >= 0.3 is 0 Å². The monoisotopic (exact) mass is 364 g/mol. The minimum absolute atomic E-state index is 0.00463. The van der Waals surface area contributed by atoms with Crippen LogP contribution in [0.15, 0.2) is 30.3 Å². The molecule has 150 valence electrons. The van der Waals surface area contributed by atoms with Gasteiger partial charge in [-0.2, -0.15) is 0 Å². The Morgan fingerprint density at radius 3 is 2.23 bits per heavy atom. The average Bonchev–Trinajstić information content (AvgIpc) is 2.98. The number of benzene rings is 1. The van der Waals surface area contributed by atoms with Crippen molar-refractivity contribution in [2.24, 2.45) is 11.8 Å². The lowest BCUT2D eigenvalue weighted by Crippen LogP contribution is -2.23. The molecule has 3 unspecified atom stereocenters. The van der Waals surface area contributed by atoms with Gasteiger partial charge in [0.05, 0.1) is 6.10 Å². The first-order valence-electron chi connectivity index (χ1n) is 9.91. The highest BCUT2D eigenvalue weighted by Gasteiger charge is 2.29. The highest BCUT2D eigenvalue weighted by molar-refractivity contribution is 5.49. The van der Waals surface area contributed by atoms with E-state index >= 15 is 0 Å². The van der Waals surface area contributed by atoms with E-state index in [4.69, 9.17) is 0 Å². The predicted molar refractivity (Wildman–Crippen MR) is 111 cm³/mol. The summed E-state index contributed by atoms with van der Waals surface area (Å²) >= 11 is 0.